The Hall–Kier alpha value is -2.12. The van der Waals surface area contributed by atoms with E-state index in [0.717, 1.165) is 25.1 Å². The van der Waals surface area contributed by atoms with E-state index in [1.807, 2.05) is 11.8 Å². The fourth-order valence-corrected chi connectivity index (χ4v) is 5.30. The average Bonchev–Trinajstić information content (AvgIpc) is 2.91. The minimum absolute atomic E-state index is 0.0208. The largest absolute Gasteiger partial charge is 0.338 e. The van der Waals surface area contributed by atoms with Crippen molar-refractivity contribution in [2.75, 3.05) is 13.1 Å². The lowest BCUT2D eigenvalue weighted by Crippen LogP contribution is -2.41. The third-order valence-corrected chi connectivity index (χ3v) is 7.24. The van der Waals surface area contributed by atoms with Crippen LogP contribution in [0.3, 0.4) is 0 Å². The highest BCUT2D eigenvalue weighted by molar-refractivity contribution is 7.98. The zero-order valence-electron chi connectivity index (χ0n) is 15.6. The van der Waals surface area contributed by atoms with Gasteiger partial charge < -0.3 is 9.88 Å². The summed E-state index contributed by atoms with van der Waals surface area (Å²) in [6.07, 6.45) is 1.05. The minimum Gasteiger partial charge on any atom is -0.338 e. The van der Waals surface area contributed by atoms with Gasteiger partial charge in [0.1, 0.15) is 10.7 Å². The third-order valence-electron chi connectivity index (χ3n) is 4.90. The monoisotopic (exact) mass is 399 g/mol. The number of carbonyl (C=O) groups excluding carboxylic acids is 1. The molecule has 1 N–H and O–H groups in total. The molecule has 1 aliphatic heterocycles. The second-order valence-electron chi connectivity index (χ2n) is 6.95. The van der Waals surface area contributed by atoms with Crippen LogP contribution < -0.4 is 5.56 Å². The maximum atomic E-state index is 12.6. The van der Waals surface area contributed by atoms with Gasteiger partial charge in [-0.05, 0) is 44.4 Å². The summed E-state index contributed by atoms with van der Waals surface area (Å²) in [5.74, 6) is 1.25. The van der Waals surface area contributed by atoms with E-state index in [0.29, 0.717) is 26.7 Å². The van der Waals surface area contributed by atoms with Crippen LogP contribution in [0.4, 0.5) is 0 Å². The van der Waals surface area contributed by atoms with Gasteiger partial charge in [-0.25, -0.2) is 4.98 Å². The van der Waals surface area contributed by atoms with Gasteiger partial charge in [0.2, 0.25) is 0 Å². The van der Waals surface area contributed by atoms with Crippen LogP contribution >= 0.6 is 23.1 Å². The number of carbonyl (C=O) groups is 1. The van der Waals surface area contributed by atoms with Crippen molar-refractivity contribution >= 4 is 39.2 Å². The van der Waals surface area contributed by atoms with Gasteiger partial charge in [0, 0.05) is 18.0 Å². The molecule has 0 radical (unpaired) electrons. The Morgan fingerprint density at radius 2 is 2.07 bits per heavy atom. The molecule has 4 rings (SSSR count). The molecule has 3 aromatic rings. The molecule has 5 nitrogen and oxygen atoms in total. The molecule has 27 heavy (non-hydrogen) atoms. The minimum atomic E-state index is -0.159. The van der Waals surface area contributed by atoms with Crippen LogP contribution in [0.5, 0.6) is 0 Å². The zero-order valence-corrected chi connectivity index (χ0v) is 17.2. The van der Waals surface area contributed by atoms with Crippen LogP contribution in [-0.2, 0) is 5.75 Å². The summed E-state index contributed by atoms with van der Waals surface area (Å²) < 4.78 is 0. The molecule has 0 bridgehead atoms. The van der Waals surface area contributed by atoms with Crippen molar-refractivity contribution in [3.63, 3.8) is 0 Å². The van der Waals surface area contributed by atoms with E-state index < -0.39 is 0 Å². The number of hydrogen-bond donors (Lipinski definition) is 1. The molecule has 0 saturated carbocycles. The van der Waals surface area contributed by atoms with E-state index in [4.69, 9.17) is 0 Å². The first-order chi connectivity index (χ1) is 12.9. The fraction of sp³-hybridized carbons (Fsp3) is 0.350. The van der Waals surface area contributed by atoms with E-state index in [2.05, 4.69) is 42.0 Å². The Bertz CT molecular complexity index is 1100. The van der Waals surface area contributed by atoms with Crippen molar-refractivity contribution in [3.8, 4) is 0 Å². The summed E-state index contributed by atoms with van der Waals surface area (Å²) in [6, 6.07) is 6.35. The molecule has 2 aromatic heterocycles. The Balaban J connectivity index is 1.64. The molecule has 0 aliphatic carbocycles. The number of rotatable bonds is 4. The lowest BCUT2D eigenvalue weighted by atomic mass is 10.1. The maximum Gasteiger partial charge on any atom is 0.264 e. The summed E-state index contributed by atoms with van der Waals surface area (Å²) in [6.45, 7) is 7.59. The number of aryl methyl sites for hydroxylation is 3. The van der Waals surface area contributed by atoms with Gasteiger partial charge in [0.05, 0.1) is 16.0 Å². The first-order valence-corrected chi connectivity index (χ1v) is 10.8. The summed E-state index contributed by atoms with van der Waals surface area (Å²) >= 11 is 3.00. The number of amides is 1. The highest BCUT2D eigenvalue weighted by Gasteiger charge is 2.26. The standard InChI is InChI=1S/C20H21N3O2S2/c1-11-5-6-12(2)14(9-11)26-10-15-21-18(24)16-13(3)17(27-19(16)22-15)20(25)23-7-4-8-23/h5-6,9H,4,7-8,10H2,1-3H3,(H,21,22,24). The Labute approximate surface area is 165 Å². The van der Waals surface area contributed by atoms with Crippen LogP contribution in [-0.4, -0.2) is 33.9 Å². The van der Waals surface area contributed by atoms with Crippen molar-refractivity contribution in [2.24, 2.45) is 0 Å². The van der Waals surface area contributed by atoms with E-state index in [9.17, 15) is 9.59 Å². The predicted molar refractivity (Wildman–Crippen MR) is 111 cm³/mol. The van der Waals surface area contributed by atoms with Crippen LogP contribution in [0.25, 0.3) is 10.2 Å². The van der Waals surface area contributed by atoms with E-state index in [1.54, 1.807) is 11.8 Å². The van der Waals surface area contributed by atoms with Crippen molar-refractivity contribution in [1.82, 2.24) is 14.9 Å². The first-order valence-electron chi connectivity index (χ1n) is 8.95. The van der Waals surface area contributed by atoms with Crippen LogP contribution in [0.1, 0.15) is 38.6 Å². The lowest BCUT2D eigenvalue weighted by molar-refractivity contribution is 0.0656. The topological polar surface area (TPSA) is 66.1 Å². The normalized spacial score (nSPS) is 13.8. The number of benzene rings is 1. The molecule has 1 fully saturated rings. The molecular weight excluding hydrogens is 378 g/mol. The number of thiophene rings is 1. The van der Waals surface area contributed by atoms with Gasteiger partial charge in [0.15, 0.2) is 0 Å². The molecule has 1 amide bonds. The number of hydrogen-bond acceptors (Lipinski definition) is 5. The number of fused-ring (bicyclic) bond motifs is 1. The lowest BCUT2D eigenvalue weighted by Gasteiger charge is -2.30. The van der Waals surface area contributed by atoms with E-state index in [-0.39, 0.29) is 11.5 Å². The summed E-state index contributed by atoms with van der Waals surface area (Å²) in [5.41, 5.74) is 3.01. The van der Waals surface area contributed by atoms with Crippen LogP contribution in [0.2, 0.25) is 0 Å². The molecule has 0 spiro atoms. The molecule has 1 aliphatic rings. The molecule has 0 unspecified atom stereocenters. The number of nitrogens with one attached hydrogen (secondary N) is 1. The van der Waals surface area contributed by atoms with Crippen molar-refractivity contribution < 1.29 is 4.79 Å². The molecule has 0 atom stereocenters. The van der Waals surface area contributed by atoms with E-state index in [1.165, 1.54) is 27.4 Å². The Morgan fingerprint density at radius 3 is 2.78 bits per heavy atom. The summed E-state index contributed by atoms with van der Waals surface area (Å²) in [7, 11) is 0. The van der Waals surface area contributed by atoms with Crippen molar-refractivity contribution in [1.29, 1.82) is 0 Å². The van der Waals surface area contributed by atoms with Gasteiger partial charge in [-0.15, -0.1) is 23.1 Å². The predicted octanol–water partition coefficient (Wildman–Crippen LogP) is 4.05. The highest BCUT2D eigenvalue weighted by atomic mass is 32.2. The number of aromatic amines is 1. The third kappa shape index (κ3) is 3.41. The summed E-state index contributed by atoms with van der Waals surface area (Å²) in [4.78, 5) is 37.0. The first kappa shape index (κ1) is 18.3. The smallest absolute Gasteiger partial charge is 0.264 e. The van der Waals surface area contributed by atoms with E-state index >= 15 is 0 Å². The number of H-pyrrole nitrogens is 1. The van der Waals surface area contributed by atoms with Gasteiger partial charge in [-0.3, -0.25) is 9.59 Å². The number of likely N-dealkylation sites (tertiary alicyclic amines) is 1. The molecule has 7 heteroatoms. The molecular formula is C20H21N3O2S2. The van der Waals surface area contributed by atoms with Gasteiger partial charge in [0.25, 0.3) is 11.5 Å². The SMILES string of the molecule is Cc1ccc(C)c(SCc2nc3sc(C(=O)N4CCC4)c(C)c3c(=O)[nH]2)c1. The molecule has 140 valence electrons. The second-order valence-corrected chi connectivity index (χ2v) is 8.97. The fourth-order valence-electron chi connectivity index (χ4n) is 3.13. The van der Waals surface area contributed by atoms with Crippen LogP contribution in [0.15, 0.2) is 27.9 Å². The quantitative estimate of drug-likeness (QED) is 0.672. The molecule has 3 heterocycles. The number of aromatic nitrogens is 2. The summed E-state index contributed by atoms with van der Waals surface area (Å²) in [5, 5.41) is 0.546. The molecule has 1 aromatic carbocycles. The van der Waals surface area contributed by atoms with Gasteiger partial charge in [-0.2, -0.15) is 0 Å². The Kier molecular flexibility index (Phi) is 4.82. The Morgan fingerprint density at radius 1 is 1.30 bits per heavy atom. The highest BCUT2D eigenvalue weighted by Crippen LogP contribution is 2.30. The molecule has 1 saturated heterocycles. The zero-order chi connectivity index (χ0) is 19.1. The van der Waals surface area contributed by atoms with Gasteiger partial charge >= 0.3 is 0 Å². The van der Waals surface area contributed by atoms with Crippen molar-refractivity contribution in [2.45, 2.75) is 37.8 Å². The van der Waals surface area contributed by atoms with Crippen molar-refractivity contribution in [3.05, 3.63) is 55.9 Å². The number of nitrogens with zero attached hydrogens (tertiary/aromatic N) is 2. The van der Waals surface area contributed by atoms with Gasteiger partial charge in [-0.1, -0.05) is 17.7 Å². The average molecular weight is 400 g/mol. The second kappa shape index (κ2) is 7.13. The maximum absolute atomic E-state index is 12.6. The number of thioether (sulfide) groups is 1. The van der Waals surface area contributed by atoms with Crippen LogP contribution in [0, 0.1) is 20.8 Å².